The fourth-order valence-corrected chi connectivity index (χ4v) is 4.51. The van der Waals surface area contributed by atoms with E-state index in [1.54, 1.807) is 4.68 Å². The van der Waals surface area contributed by atoms with Crippen LogP contribution in [0.1, 0.15) is 22.6 Å². The monoisotopic (exact) mass is 443 g/mol. The number of aromatic nitrogens is 3. The van der Waals surface area contributed by atoms with Crippen LogP contribution in [0.25, 0.3) is 22.0 Å². The summed E-state index contributed by atoms with van der Waals surface area (Å²) >= 11 is 0. The molecule has 0 amide bonds. The van der Waals surface area contributed by atoms with Crippen LogP contribution < -0.4 is 5.56 Å². The first-order chi connectivity index (χ1) is 16.0. The van der Waals surface area contributed by atoms with Crippen molar-refractivity contribution < 1.29 is 4.52 Å². The van der Waals surface area contributed by atoms with E-state index in [-0.39, 0.29) is 5.56 Å². The van der Waals surface area contributed by atoms with Gasteiger partial charge in [0.05, 0.1) is 30.0 Å². The van der Waals surface area contributed by atoms with Crippen LogP contribution in [-0.2, 0) is 13.2 Å². The van der Waals surface area contributed by atoms with E-state index in [2.05, 4.69) is 47.0 Å². The predicted octanol–water partition coefficient (Wildman–Crippen LogP) is 3.75. The Bertz CT molecular complexity index is 1350. The first kappa shape index (κ1) is 21.6. The molecule has 3 heterocycles. The summed E-state index contributed by atoms with van der Waals surface area (Å²) in [5.74, 6) is 0.895. The van der Waals surface area contributed by atoms with Crippen LogP contribution in [-0.4, -0.2) is 50.9 Å². The zero-order chi connectivity index (χ0) is 22.9. The smallest absolute Gasteiger partial charge is 0.275 e. The van der Waals surface area contributed by atoms with Gasteiger partial charge in [-0.1, -0.05) is 41.1 Å². The van der Waals surface area contributed by atoms with Gasteiger partial charge in [-0.3, -0.25) is 14.6 Å². The van der Waals surface area contributed by atoms with Crippen molar-refractivity contribution in [3.63, 3.8) is 0 Å². The lowest BCUT2D eigenvalue weighted by atomic mass is 9.99. The van der Waals surface area contributed by atoms with E-state index in [0.717, 1.165) is 66.4 Å². The summed E-state index contributed by atoms with van der Waals surface area (Å²) in [6.45, 7) is 10.9. The lowest BCUT2D eigenvalue weighted by Gasteiger charge is -2.34. The Kier molecular flexibility index (Phi) is 5.83. The van der Waals surface area contributed by atoms with E-state index < -0.39 is 0 Å². The Morgan fingerprint density at radius 2 is 1.64 bits per heavy atom. The minimum Gasteiger partial charge on any atom is -0.360 e. The summed E-state index contributed by atoms with van der Waals surface area (Å²) < 4.78 is 6.99. The molecule has 7 heteroatoms. The molecule has 4 aromatic rings. The van der Waals surface area contributed by atoms with E-state index in [1.807, 2.05) is 37.3 Å². The minimum absolute atomic E-state index is 0.0424. The molecule has 2 aromatic heterocycles. The molecule has 1 aliphatic rings. The van der Waals surface area contributed by atoms with E-state index in [1.165, 1.54) is 5.56 Å². The maximum Gasteiger partial charge on any atom is 0.275 e. The maximum absolute atomic E-state index is 13.3. The third-order valence-electron chi connectivity index (χ3n) is 6.37. The largest absolute Gasteiger partial charge is 0.360 e. The van der Waals surface area contributed by atoms with E-state index in [9.17, 15) is 4.79 Å². The van der Waals surface area contributed by atoms with Gasteiger partial charge in [0.15, 0.2) is 5.76 Å². The molecule has 5 rings (SSSR count). The second-order valence-corrected chi connectivity index (χ2v) is 8.99. The highest BCUT2D eigenvalue weighted by Gasteiger charge is 2.21. The zero-order valence-corrected chi connectivity index (χ0v) is 19.4. The summed E-state index contributed by atoms with van der Waals surface area (Å²) in [5.41, 5.74) is 5.14. The van der Waals surface area contributed by atoms with Gasteiger partial charge in [-0.25, -0.2) is 4.68 Å². The number of aryl methyl sites for hydroxylation is 3. The average Bonchev–Trinajstić information content (AvgIpc) is 3.23. The van der Waals surface area contributed by atoms with Crippen LogP contribution >= 0.6 is 0 Å². The number of piperazine rings is 1. The Labute approximate surface area is 193 Å². The molecule has 0 unspecified atom stereocenters. The minimum atomic E-state index is -0.0424. The highest BCUT2D eigenvalue weighted by atomic mass is 16.5. The quantitative estimate of drug-likeness (QED) is 0.468. The fraction of sp³-hybridized carbons (Fsp3) is 0.346. The standard InChI is InChI=1S/C26H29N5O2/c1-18-8-9-19(2)24(14-18)25-22-6-4-5-7-23(22)26(32)31(27-25)17-30-12-10-29(11-13-30)16-21-15-20(3)28-33-21/h4-9,14-15H,10-13,16-17H2,1-3H3. The molecule has 0 aliphatic carbocycles. The average molecular weight is 444 g/mol. The van der Waals surface area contributed by atoms with Crippen molar-refractivity contribution in [2.75, 3.05) is 26.2 Å². The van der Waals surface area contributed by atoms with Gasteiger partial charge in [0.2, 0.25) is 0 Å². The molecule has 0 radical (unpaired) electrons. The molecule has 7 nitrogen and oxygen atoms in total. The summed E-state index contributed by atoms with van der Waals surface area (Å²) in [6.07, 6.45) is 0. The summed E-state index contributed by atoms with van der Waals surface area (Å²) in [7, 11) is 0. The number of nitrogens with zero attached hydrogens (tertiary/aromatic N) is 5. The Hall–Kier alpha value is -3.29. The molecule has 0 N–H and O–H groups in total. The number of benzene rings is 2. The Morgan fingerprint density at radius 3 is 2.36 bits per heavy atom. The fourth-order valence-electron chi connectivity index (χ4n) is 4.51. The second kappa shape index (κ2) is 8.92. The number of hydrogen-bond acceptors (Lipinski definition) is 6. The summed E-state index contributed by atoms with van der Waals surface area (Å²) in [6, 6.07) is 16.2. The van der Waals surface area contributed by atoms with Crippen molar-refractivity contribution in [1.29, 1.82) is 0 Å². The van der Waals surface area contributed by atoms with Gasteiger partial charge < -0.3 is 4.52 Å². The van der Waals surface area contributed by atoms with E-state index in [0.29, 0.717) is 12.1 Å². The summed E-state index contributed by atoms with van der Waals surface area (Å²) in [5, 5.41) is 10.5. The van der Waals surface area contributed by atoms with Gasteiger partial charge in [0.1, 0.15) is 0 Å². The third kappa shape index (κ3) is 4.47. The lowest BCUT2D eigenvalue weighted by Crippen LogP contribution is -2.47. The van der Waals surface area contributed by atoms with E-state index >= 15 is 0 Å². The number of rotatable bonds is 5. The highest BCUT2D eigenvalue weighted by Crippen LogP contribution is 2.28. The lowest BCUT2D eigenvalue weighted by molar-refractivity contribution is 0.0913. The number of fused-ring (bicyclic) bond motifs is 1. The molecule has 33 heavy (non-hydrogen) atoms. The molecule has 1 aliphatic heterocycles. The van der Waals surface area contributed by atoms with Crippen LogP contribution in [0.5, 0.6) is 0 Å². The molecule has 1 saturated heterocycles. The van der Waals surface area contributed by atoms with Crippen molar-refractivity contribution in [2.24, 2.45) is 0 Å². The molecule has 170 valence electrons. The van der Waals surface area contributed by atoms with Crippen molar-refractivity contribution in [3.8, 4) is 11.3 Å². The van der Waals surface area contributed by atoms with Crippen LogP contribution in [0.15, 0.2) is 57.8 Å². The van der Waals surface area contributed by atoms with Gasteiger partial charge >= 0.3 is 0 Å². The van der Waals surface area contributed by atoms with Gasteiger partial charge in [-0.2, -0.15) is 5.10 Å². The SMILES string of the molecule is Cc1ccc(C)c(-c2nn(CN3CCN(Cc4cc(C)no4)CC3)c(=O)c3ccccc23)c1. The first-order valence-corrected chi connectivity index (χ1v) is 11.4. The molecule has 0 spiro atoms. The van der Waals surface area contributed by atoms with Crippen LogP contribution in [0.3, 0.4) is 0 Å². The molecular formula is C26H29N5O2. The summed E-state index contributed by atoms with van der Waals surface area (Å²) in [4.78, 5) is 17.9. The Morgan fingerprint density at radius 1 is 0.909 bits per heavy atom. The topological polar surface area (TPSA) is 67.4 Å². The second-order valence-electron chi connectivity index (χ2n) is 8.99. The molecule has 0 bridgehead atoms. The van der Waals surface area contributed by atoms with Crippen molar-refractivity contribution in [3.05, 3.63) is 81.5 Å². The molecule has 0 saturated carbocycles. The predicted molar refractivity (Wildman–Crippen MR) is 129 cm³/mol. The van der Waals surface area contributed by atoms with Crippen LogP contribution in [0.4, 0.5) is 0 Å². The molecular weight excluding hydrogens is 414 g/mol. The van der Waals surface area contributed by atoms with Crippen molar-refractivity contribution in [1.82, 2.24) is 24.7 Å². The van der Waals surface area contributed by atoms with Crippen molar-refractivity contribution >= 4 is 10.8 Å². The van der Waals surface area contributed by atoms with Gasteiger partial charge in [-0.05, 0) is 38.5 Å². The third-order valence-corrected chi connectivity index (χ3v) is 6.37. The highest BCUT2D eigenvalue weighted by molar-refractivity contribution is 5.94. The van der Waals surface area contributed by atoms with Crippen LogP contribution in [0, 0.1) is 20.8 Å². The maximum atomic E-state index is 13.3. The zero-order valence-electron chi connectivity index (χ0n) is 19.4. The first-order valence-electron chi connectivity index (χ1n) is 11.4. The Balaban J connectivity index is 1.40. The van der Waals surface area contributed by atoms with E-state index in [4.69, 9.17) is 9.62 Å². The normalized spacial score (nSPS) is 15.4. The van der Waals surface area contributed by atoms with Gasteiger partial charge in [0.25, 0.3) is 5.56 Å². The molecule has 0 atom stereocenters. The van der Waals surface area contributed by atoms with Gasteiger partial charge in [-0.15, -0.1) is 0 Å². The van der Waals surface area contributed by atoms with Gasteiger partial charge in [0, 0.05) is 43.2 Å². The number of hydrogen-bond donors (Lipinski definition) is 0. The van der Waals surface area contributed by atoms with Crippen molar-refractivity contribution in [2.45, 2.75) is 34.0 Å². The van der Waals surface area contributed by atoms with Crippen LogP contribution in [0.2, 0.25) is 0 Å². The molecule has 2 aromatic carbocycles. The molecule has 1 fully saturated rings.